The van der Waals surface area contributed by atoms with Crippen molar-refractivity contribution in [1.82, 2.24) is 5.32 Å². The van der Waals surface area contributed by atoms with Crippen LogP contribution in [0.4, 0.5) is 0 Å². The van der Waals surface area contributed by atoms with E-state index in [1.165, 1.54) is 6.07 Å². The van der Waals surface area contributed by atoms with E-state index in [9.17, 15) is 9.90 Å². The molecule has 0 saturated heterocycles. The van der Waals surface area contributed by atoms with Gasteiger partial charge in [-0.25, -0.2) is 0 Å². The quantitative estimate of drug-likeness (QED) is 0.777. The van der Waals surface area contributed by atoms with Crippen molar-refractivity contribution in [3.63, 3.8) is 0 Å². The fourth-order valence-electron chi connectivity index (χ4n) is 1.09. The number of alkyl halides is 1. The lowest BCUT2D eigenvalue weighted by Gasteiger charge is -2.07. The lowest BCUT2D eigenvalue weighted by atomic mass is 10.1. The minimum atomic E-state index is -0.224. The molecule has 15 heavy (non-hydrogen) atoms. The zero-order valence-corrected chi connectivity index (χ0v) is 9.51. The highest BCUT2D eigenvalue weighted by Crippen LogP contribution is 2.17. The first-order valence-corrected chi connectivity index (χ1v) is 5.16. The highest BCUT2D eigenvalue weighted by molar-refractivity contribution is 6.20. The Kier molecular flexibility index (Phi) is 3.97. The van der Waals surface area contributed by atoms with Crippen molar-refractivity contribution in [2.75, 3.05) is 6.54 Å². The maximum absolute atomic E-state index is 11.5. The van der Waals surface area contributed by atoms with E-state index in [0.717, 1.165) is 5.56 Å². The monoisotopic (exact) mass is 227 g/mol. The molecule has 0 heterocycles. The van der Waals surface area contributed by atoms with Gasteiger partial charge in [0.1, 0.15) is 5.75 Å². The number of aromatic hydroxyl groups is 1. The Labute approximate surface area is 94.1 Å². The molecule has 1 aromatic rings. The molecular weight excluding hydrogens is 214 g/mol. The summed E-state index contributed by atoms with van der Waals surface area (Å²) in [7, 11) is 0. The van der Waals surface area contributed by atoms with Gasteiger partial charge in [-0.05, 0) is 31.5 Å². The van der Waals surface area contributed by atoms with E-state index < -0.39 is 0 Å². The topological polar surface area (TPSA) is 49.3 Å². The highest BCUT2D eigenvalue weighted by atomic mass is 35.5. The fraction of sp³-hybridized carbons (Fsp3) is 0.364. The first-order chi connectivity index (χ1) is 7.00. The predicted octanol–water partition coefficient (Wildman–Crippen LogP) is 2.06. The zero-order valence-electron chi connectivity index (χ0n) is 8.75. The molecule has 1 aromatic carbocycles. The molecule has 0 bridgehead atoms. The Bertz CT molecular complexity index is 364. The molecule has 1 rings (SSSR count). The second-order valence-electron chi connectivity index (χ2n) is 3.49. The summed E-state index contributed by atoms with van der Waals surface area (Å²) < 4.78 is 0. The lowest BCUT2D eigenvalue weighted by Crippen LogP contribution is -2.28. The number of carbonyl (C=O) groups is 1. The second-order valence-corrected chi connectivity index (χ2v) is 4.24. The number of phenols is 1. The molecular formula is C11H14ClNO2. The van der Waals surface area contributed by atoms with E-state index in [-0.39, 0.29) is 17.0 Å². The smallest absolute Gasteiger partial charge is 0.251 e. The largest absolute Gasteiger partial charge is 0.508 e. The highest BCUT2D eigenvalue weighted by Gasteiger charge is 2.07. The standard InChI is InChI=1S/C11H14ClNO2/c1-7-3-4-9(5-10(7)14)11(15)13-6-8(2)12/h3-5,8,14H,6H2,1-2H3,(H,13,15). The van der Waals surface area contributed by atoms with E-state index in [1.54, 1.807) is 26.0 Å². The normalized spacial score (nSPS) is 12.2. The molecule has 0 radical (unpaired) electrons. The van der Waals surface area contributed by atoms with Gasteiger partial charge in [0, 0.05) is 17.5 Å². The molecule has 0 fully saturated rings. The van der Waals surface area contributed by atoms with Gasteiger partial charge in [-0.1, -0.05) is 6.07 Å². The molecule has 0 aliphatic heterocycles. The molecule has 1 atom stereocenters. The number of aryl methyl sites for hydroxylation is 1. The van der Waals surface area contributed by atoms with Crippen molar-refractivity contribution in [1.29, 1.82) is 0 Å². The molecule has 1 amide bonds. The average molecular weight is 228 g/mol. The van der Waals surface area contributed by atoms with Gasteiger partial charge in [-0.2, -0.15) is 0 Å². The van der Waals surface area contributed by atoms with Crippen molar-refractivity contribution in [2.24, 2.45) is 0 Å². The minimum absolute atomic E-state index is 0.104. The SMILES string of the molecule is Cc1ccc(C(=O)NCC(C)Cl)cc1O. The van der Waals surface area contributed by atoms with Crippen molar-refractivity contribution in [3.05, 3.63) is 29.3 Å². The van der Waals surface area contributed by atoms with Crippen LogP contribution in [0.3, 0.4) is 0 Å². The molecule has 4 heteroatoms. The third kappa shape index (κ3) is 3.44. The number of phenolic OH excluding ortho intramolecular Hbond substituents is 1. The Balaban J connectivity index is 2.70. The number of hydrogen-bond acceptors (Lipinski definition) is 2. The number of benzene rings is 1. The van der Waals surface area contributed by atoms with Crippen LogP contribution >= 0.6 is 11.6 Å². The summed E-state index contributed by atoms with van der Waals surface area (Å²) in [6, 6.07) is 4.82. The van der Waals surface area contributed by atoms with E-state index in [2.05, 4.69) is 5.32 Å². The van der Waals surface area contributed by atoms with Crippen LogP contribution in [0.25, 0.3) is 0 Å². The Morgan fingerprint density at radius 1 is 1.60 bits per heavy atom. The van der Waals surface area contributed by atoms with Crippen LogP contribution in [-0.4, -0.2) is 22.9 Å². The van der Waals surface area contributed by atoms with Gasteiger partial charge < -0.3 is 10.4 Å². The second kappa shape index (κ2) is 5.03. The summed E-state index contributed by atoms with van der Waals surface area (Å²) in [6.07, 6.45) is 0. The molecule has 0 spiro atoms. The third-order valence-corrected chi connectivity index (χ3v) is 2.17. The van der Waals surface area contributed by atoms with Gasteiger partial charge in [-0.3, -0.25) is 4.79 Å². The third-order valence-electron chi connectivity index (χ3n) is 2.02. The summed E-state index contributed by atoms with van der Waals surface area (Å²) >= 11 is 5.70. The summed E-state index contributed by atoms with van der Waals surface area (Å²) in [4.78, 5) is 11.5. The van der Waals surface area contributed by atoms with Crippen LogP contribution < -0.4 is 5.32 Å². The van der Waals surface area contributed by atoms with Gasteiger partial charge in [0.15, 0.2) is 0 Å². The molecule has 1 unspecified atom stereocenters. The molecule has 0 aliphatic carbocycles. The van der Waals surface area contributed by atoms with Crippen molar-refractivity contribution in [3.8, 4) is 5.75 Å². The molecule has 0 aromatic heterocycles. The maximum atomic E-state index is 11.5. The Morgan fingerprint density at radius 2 is 2.27 bits per heavy atom. The summed E-state index contributed by atoms with van der Waals surface area (Å²) in [6.45, 7) is 3.99. The zero-order chi connectivity index (χ0) is 11.4. The Morgan fingerprint density at radius 3 is 2.80 bits per heavy atom. The van der Waals surface area contributed by atoms with Crippen LogP contribution in [0.15, 0.2) is 18.2 Å². The van der Waals surface area contributed by atoms with Crippen LogP contribution in [0.5, 0.6) is 5.75 Å². The van der Waals surface area contributed by atoms with Gasteiger partial charge in [0.2, 0.25) is 0 Å². The Hall–Kier alpha value is -1.22. The summed E-state index contributed by atoms with van der Waals surface area (Å²) in [5, 5.41) is 12.0. The average Bonchev–Trinajstić information content (AvgIpc) is 2.18. The van der Waals surface area contributed by atoms with Crippen molar-refractivity contribution < 1.29 is 9.90 Å². The van der Waals surface area contributed by atoms with Gasteiger partial charge in [-0.15, -0.1) is 11.6 Å². The predicted molar refractivity (Wildman–Crippen MR) is 60.5 cm³/mol. The van der Waals surface area contributed by atoms with Crippen molar-refractivity contribution in [2.45, 2.75) is 19.2 Å². The summed E-state index contributed by atoms with van der Waals surface area (Å²) in [5.41, 5.74) is 1.19. The van der Waals surface area contributed by atoms with E-state index in [0.29, 0.717) is 12.1 Å². The van der Waals surface area contributed by atoms with E-state index in [1.807, 2.05) is 0 Å². The van der Waals surface area contributed by atoms with E-state index >= 15 is 0 Å². The van der Waals surface area contributed by atoms with Crippen LogP contribution in [0, 0.1) is 6.92 Å². The number of amides is 1. The summed E-state index contributed by atoms with van der Waals surface area (Å²) in [5.74, 6) is -0.0978. The fourth-order valence-corrected chi connectivity index (χ4v) is 1.16. The number of nitrogens with one attached hydrogen (secondary N) is 1. The number of hydrogen-bond donors (Lipinski definition) is 2. The number of halogens is 1. The minimum Gasteiger partial charge on any atom is -0.508 e. The first-order valence-electron chi connectivity index (χ1n) is 4.72. The first kappa shape index (κ1) is 11.9. The van der Waals surface area contributed by atoms with Gasteiger partial charge >= 0.3 is 0 Å². The maximum Gasteiger partial charge on any atom is 0.251 e. The van der Waals surface area contributed by atoms with E-state index in [4.69, 9.17) is 11.6 Å². The number of rotatable bonds is 3. The van der Waals surface area contributed by atoms with Crippen LogP contribution in [0.1, 0.15) is 22.8 Å². The van der Waals surface area contributed by atoms with Crippen molar-refractivity contribution >= 4 is 17.5 Å². The molecule has 0 saturated carbocycles. The molecule has 2 N–H and O–H groups in total. The molecule has 3 nitrogen and oxygen atoms in total. The van der Waals surface area contributed by atoms with Gasteiger partial charge in [0.05, 0.1) is 0 Å². The molecule has 82 valence electrons. The molecule has 0 aliphatic rings. The lowest BCUT2D eigenvalue weighted by molar-refractivity contribution is 0.0953. The van der Waals surface area contributed by atoms with Crippen LogP contribution in [-0.2, 0) is 0 Å². The van der Waals surface area contributed by atoms with Crippen LogP contribution in [0.2, 0.25) is 0 Å². The number of carbonyl (C=O) groups excluding carboxylic acids is 1. The van der Waals surface area contributed by atoms with Gasteiger partial charge in [0.25, 0.3) is 5.91 Å².